The highest BCUT2D eigenvalue weighted by molar-refractivity contribution is 6.33. The zero-order chi connectivity index (χ0) is 79.1. The van der Waals surface area contributed by atoms with Crippen LogP contribution in [0, 0.1) is 0 Å². The van der Waals surface area contributed by atoms with Gasteiger partial charge in [0.2, 0.25) is 0 Å². The highest BCUT2D eigenvalue weighted by Gasteiger charge is 2.32. The number of fused-ring (bicyclic) bond motifs is 10. The fourth-order valence-electron chi connectivity index (χ4n) is 14.8. The van der Waals surface area contributed by atoms with Crippen LogP contribution in [-0.2, 0) is 0 Å². The molecule has 115 heavy (non-hydrogen) atoms. The topological polar surface area (TPSA) is 140 Å². The van der Waals surface area contributed by atoms with Gasteiger partial charge in [-0.1, -0.05) is 119 Å². The minimum absolute atomic E-state index is 0.695. The molecule has 5 fully saturated rings. The van der Waals surface area contributed by atoms with E-state index in [1.807, 2.05) is 212 Å². The third-order valence-corrected chi connectivity index (χ3v) is 22.7. The number of piperazine rings is 5. The third kappa shape index (κ3) is 18.7. The molecule has 0 aromatic heterocycles. The van der Waals surface area contributed by atoms with Crippen molar-refractivity contribution in [1.29, 1.82) is 0 Å². The van der Waals surface area contributed by atoms with Gasteiger partial charge >= 0.3 is 0 Å². The summed E-state index contributed by atoms with van der Waals surface area (Å²) >= 11 is 31.2. The SMILES string of the molecule is CN1CCN(C2=Nc3ccccc3Oc3ccc(Cl)cc32)CC1.CN1CCN(C2=Nc3ccccc3Oc3ccc(Cl)cc32)CC1.CN1CCN(C2=Nc3ccccc3Oc3ccc(Cl)cc32)CC1.CN1CCN(C2=Nc3ccccc3Oc3ccc(Cl)cc32)CC1.CN1CCN(C2=Nc3ccccc3Oc3ccc(Cl)cc32)CC1. The lowest BCUT2D eigenvalue weighted by Gasteiger charge is -2.34. The lowest BCUT2D eigenvalue weighted by molar-refractivity contribution is 0.215. The maximum absolute atomic E-state index is 6.23. The molecule has 20 rings (SSSR count). The third-order valence-electron chi connectivity index (χ3n) is 21.5. The Morgan fingerprint density at radius 2 is 0.357 bits per heavy atom. The molecule has 0 unspecified atom stereocenters. The van der Waals surface area contributed by atoms with Crippen molar-refractivity contribution >= 4 is 116 Å². The Balaban J connectivity index is 0.000000108. The van der Waals surface area contributed by atoms with Gasteiger partial charge in [0.05, 0.1) is 27.8 Å². The summed E-state index contributed by atoms with van der Waals surface area (Å²) in [5, 5.41) is 3.47. The zero-order valence-electron chi connectivity index (χ0n) is 65.0. The van der Waals surface area contributed by atoms with Crippen molar-refractivity contribution in [2.45, 2.75) is 0 Å². The Kier molecular flexibility index (Phi) is 24.6. The lowest BCUT2D eigenvalue weighted by atomic mass is 10.1. The van der Waals surface area contributed by atoms with Crippen molar-refractivity contribution in [3.05, 3.63) is 265 Å². The molecule has 0 radical (unpaired) electrons. The minimum Gasteiger partial charge on any atom is -0.454 e. The van der Waals surface area contributed by atoms with Crippen molar-refractivity contribution in [3.8, 4) is 57.5 Å². The Hall–Kier alpha value is -10.2. The van der Waals surface area contributed by atoms with E-state index in [-0.39, 0.29) is 0 Å². The molecule has 0 bridgehead atoms. The maximum atomic E-state index is 6.23. The number of halogens is 5. The number of hydrogen-bond acceptors (Lipinski definition) is 20. The number of benzene rings is 10. The molecule has 10 aromatic rings. The average Bonchev–Trinajstić information content (AvgIpc) is 1.70. The van der Waals surface area contributed by atoms with Crippen LogP contribution in [0.25, 0.3) is 0 Å². The van der Waals surface area contributed by atoms with Gasteiger partial charge in [-0.15, -0.1) is 0 Å². The van der Waals surface area contributed by atoms with E-state index in [4.69, 9.17) is 107 Å². The van der Waals surface area contributed by atoms with E-state index in [0.29, 0.717) is 25.1 Å². The van der Waals surface area contributed by atoms with Gasteiger partial charge in [-0.3, -0.25) is 0 Å². The monoisotopic (exact) mass is 1640 g/mol. The van der Waals surface area contributed by atoms with Gasteiger partial charge in [-0.25, -0.2) is 25.0 Å². The van der Waals surface area contributed by atoms with Crippen molar-refractivity contribution < 1.29 is 23.7 Å². The van der Waals surface area contributed by atoms with Gasteiger partial charge in [0.25, 0.3) is 0 Å². The average molecular weight is 1640 g/mol. The number of amidine groups is 5. The van der Waals surface area contributed by atoms with E-state index < -0.39 is 0 Å². The summed E-state index contributed by atoms with van der Waals surface area (Å²) in [6, 6.07) is 68.0. The minimum atomic E-state index is 0.695. The van der Waals surface area contributed by atoms with Gasteiger partial charge in [0.1, 0.15) is 86.4 Å². The quantitative estimate of drug-likeness (QED) is 0.142. The van der Waals surface area contributed by atoms with Crippen LogP contribution in [-0.4, -0.2) is 244 Å². The second kappa shape index (κ2) is 35.9. The maximum Gasteiger partial charge on any atom is 0.153 e. The van der Waals surface area contributed by atoms with Gasteiger partial charge < -0.3 is 72.7 Å². The van der Waals surface area contributed by atoms with Crippen LogP contribution < -0.4 is 23.7 Å². The van der Waals surface area contributed by atoms with E-state index >= 15 is 0 Å². The number of likely N-dealkylation sites (N-methyl/N-ethyl adjacent to an activating group) is 5. The smallest absolute Gasteiger partial charge is 0.153 e. The summed E-state index contributed by atoms with van der Waals surface area (Å²) in [7, 11) is 10.7. The molecule has 0 spiro atoms. The van der Waals surface area contributed by atoms with Crippen LogP contribution in [0.4, 0.5) is 28.4 Å². The summed E-state index contributed by atoms with van der Waals surface area (Å²) in [6.07, 6.45) is 0. The van der Waals surface area contributed by atoms with Gasteiger partial charge in [-0.05, 0) is 187 Å². The number of ether oxygens (including phenoxy) is 5. The number of rotatable bonds is 0. The van der Waals surface area contributed by atoms with Crippen molar-refractivity contribution in [2.24, 2.45) is 25.0 Å². The summed E-state index contributed by atoms with van der Waals surface area (Å²) in [4.78, 5) is 47.8. The second-order valence-corrected chi connectivity index (χ2v) is 31.9. The molecular weight excluding hydrogens is 1550 g/mol. The van der Waals surface area contributed by atoms with Gasteiger partial charge in [-0.2, -0.15) is 0 Å². The highest BCUT2D eigenvalue weighted by Crippen LogP contribution is 2.45. The molecule has 10 aromatic carbocycles. The summed E-state index contributed by atoms with van der Waals surface area (Å²) < 4.78 is 30.4. The molecule has 0 aliphatic carbocycles. The normalized spacial score (nSPS) is 17.7. The van der Waals surface area contributed by atoms with E-state index in [0.717, 1.165) is 274 Å². The van der Waals surface area contributed by atoms with E-state index in [2.05, 4.69) is 84.2 Å². The number of aliphatic imine (C=N–C) groups is 5. The van der Waals surface area contributed by atoms with Gasteiger partial charge in [0.15, 0.2) is 28.7 Å². The highest BCUT2D eigenvalue weighted by atomic mass is 35.5. The first-order valence-corrected chi connectivity index (χ1v) is 40.9. The molecule has 5 saturated heterocycles. The predicted octanol–water partition coefficient (Wildman–Crippen LogP) is 18.9. The molecule has 10 heterocycles. The molecule has 0 atom stereocenters. The van der Waals surface area contributed by atoms with Crippen molar-refractivity contribution in [1.82, 2.24) is 49.0 Å². The fraction of sp³-hybridized carbons (Fsp3) is 0.278. The fourth-order valence-corrected chi connectivity index (χ4v) is 15.6. The zero-order valence-corrected chi connectivity index (χ0v) is 68.8. The Morgan fingerprint density at radius 1 is 0.200 bits per heavy atom. The van der Waals surface area contributed by atoms with Crippen molar-refractivity contribution in [3.63, 3.8) is 0 Å². The Morgan fingerprint density at radius 3 is 0.522 bits per heavy atom. The number of para-hydroxylation sites is 10. The summed E-state index contributed by atoms with van der Waals surface area (Å²) in [6.45, 7) is 19.7. The standard InChI is InChI=1S/5C18H18ClN3O/c5*1-21-8-10-22(11-9-21)18-14-12-13(19)6-7-16(14)23-17-5-3-2-4-15(17)20-18/h5*2-7,12H,8-11H2,1H3. The lowest BCUT2D eigenvalue weighted by Crippen LogP contribution is -2.47. The predicted molar refractivity (Wildman–Crippen MR) is 466 cm³/mol. The Bertz CT molecular complexity index is 4590. The Labute approximate surface area is 697 Å². The van der Waals surface area contributed by atoms with Crippen LogP contribution in [0.1, 0.15) is 27.8 Å². The number of nitrogens with zero attached hydrogens (tertiary/aromatic N) is 15. The molecule has 20 nitrogen and oxygen atoms in total. The number of hydrogen-bond donors (Lipinski definition) is 0. The van der Waals surface area contributed by atoms with Crippen LogP contribution >= 0.6 is 58.0 Å². The summed E-state index contributed by atoms with van der Waals surface area (Å²) in [5.41, 5.74) is 9.06. The molecule has 590 valence electrons. The largest absolute Gasteiger partial charge is 0.454 e. The van der Waals surface area contributed by atoms with Crippen LogP contribution in [0.5, 0.6) is 57.5 Å². The molecule has 0 N–H and O–H groups in total. The van der Waals surface area contributed by atoms with E-state index in [1.54, 1.807) is 0 Å². The molecule has 25 heteroatoms. The van der Waals surface area contributed by atoms with E-state index in [9.17, 15) is 0 Å². The second-order valence-electron chi connectivity index (χ2n) is 29.7. The molecule has 10 aliphatic heterocycles. The molecule has 0 saturated carbocycles. The van der Waals surface area contributed by atoms with Gasteiger partial charge in [0, 0.05) is 156 Å². The van der Waals surface area contributed by atoms with E-state index in [1.165, 1.54) is 0 Å². The molecule has 0 amide bonds. The van der Waals surface area contributed by atoms with Crippen LogP contribution in [0.15, 0.2) is 237 Å². The van der Waals surface area contributed by atoms with Crippen molar-refractivity contribution in [2.75, 3.05) is 166 Å². The first-order valence-electron chi connectivity index (χ1n) is 39.0. The summed E-state index contributed by atoms with van der Waals surface area (Å²) in [5.74, 6) is 12.6. The first-order chi connectivity index (χ1) is 56.0. The molecule has 10 aliphatic rings. The molecular formula is C90H90Cl5N15O5. The van der Waals surface area contributed by atoms with Crippen LogP contribution in [0.3, 0.4) is 0 Å². The van der Waals surface area contributed by atoms with Crippen LogP contribution in [0.2, 0.25) is 25.1 Å². The first kappa shape index (κ1) is 78.7.